The minimum Gasteiger partial charge on any atom is -0.675 e. The second-order valence-corrected chi connectivity index (χ2v) is 2.64. The van der Waals surface area contributed by atoms with Crippen LogP contribution >= 0.6 is 0 Å². The molecule has 78 valence electrons. The van der Waals surface area contributed by atoms with Gasteiger partial charge in [-0.3, -0.25) is 11.1 Å². The molecule has 8 heteroatoms. The molecule has 1 heterocycles. The van der Waals surface area contributed by atoms with Crippen LogP contribution in [-0.4, -0.2) is 6.54 Å². The van der Waals surface area contributed by atoms with Gasteiger partial charge >= 0.3 is 11.6 Å². The molecule has 0 bridgehead atoms. The molecule has 0 atom stereocenters. The monoisotopic (exact) mass is 200 g/mol. The highest BCUT2D eigenvalue weighted by Gasteiger charge is 2.21. The number of nitrogen functional groups attached to an aromatic ring is 3. The molecule has 0 aliphatic rings. The van der Waals surface area contributed by atoms with Crippen LogP contribution in [-0.2, 0) is 0 Å². The third-order valence-corrected chi connectivity index (χ3v) is 1.73. The van der Waals surface area contributed by atoms with Crippen LogP contribution in [0.3, 0.4) is 0 Å². The molecule has 0 fully saturated rings. The van der Waals surface area contributed by atoms with E-state index < -0.39 is 5.82 Å². The topological polar surface area (TPSA) is 144 Å². The van der Waals surface area contributed by atoms with Crippen molar-refractivity contribution >= 4 is 23.0 Å². The summed E-state index contributed by atoms with van der Waals surface area (Å²) in [5.74, 6) is -0.492. The van der Waals surface area contributed by atoms with E-state index >= 15 is 0 Å². The summed E-state index contributed by atoms with van der Waals surface area (Å²) in [5, 5.41) is 25.0. The van der Waals surface area contributed by atoms with Crippen LogP contribution in [0.2, 0.25) is 0 Å². The van der Waals surface area contributed by atoms with E-state index in [0.717, 1.165) is 0 Å². The van der Waals surface area contributed by atoms with E-state index in [0.29, 0.717) is 6.54 Å². The number of rotatable bonds is 2. The molecule has 0 radical (unpaired) electrons. The predicted octanol–water partition coefficient (Wildman–Crippen LogP) is -1.87. The molecular weight excluding hydrogens is 188 g/mol. The Labute approximate surface area is 80.1 Å². The van der Waals surface area contributed by atoms with Crippen LogP contribution in [0.5, 0.6) is 0 Å². The van der Waals surface area contributed by atoms with Gasteiger partial charge in [0.15, 0.2) is 11.4 Å². The zero-order valence-electron chi connectivity index (χ0n) is 7.65. The molecule has 7 N–H and O–H groups in total. The quantitative estimate of drug-likeness (QED) is 0.325. The number of nitrogens with two attached hydrogens (primary N) is 3. The lowest BCUT2D eigenvalue weighted by atomic mass is 10.3. The summed E-state index contributed by atoms with van der Waals surface area (Å²) < 4.78 is 0. The van der Waals surface area contributed by atoms with Gasteiger partial charge in [0.2, 0.25) is 0 Å². The van der Waals surface area contributed by atoms with E-state index in [2.05, 4.69) is 5.32 Å². The number of hydrogen-bond donors (Lipinski definition) is 4. The molecule has 0 amide bonds. The van der Waals surface area contributed by atoms with Crippen LogP contribution in [0.25, 0.3) is 0 Å². The van der Waals surface area contributed by atoms with Gasteiger partial charge in [0.05, 0.1) is 6.54 Å². The molecule has 8 nitrogen and oxygen atoms in total. The Hall–Kier alpha value is -2.12. The SMILES string of the molecule is CCNc1c(N)c(N)c(N)[n+]([O-])[n+]1[O-]. The second kappa shape index (κ2) is 3.32. The summed E-state index contributed by atoms with van der Waals surface area (Å²) in [7, 11) is 0. The molecule has 0 aromatic carbocycles. The summed E-state index contributed by atoms with van der Waals surface area (Å²) in [6.45, 7) is 2.19. The summed E-state index contributed by atoms with van der Waals surface area (Å²) in [6, 6.07) is 0. The van der Waals surface area contributed by atoms with Crippen molar-refractivity contribution < 1.29 is 9.69 Å². The molecule has 0 unspecified atom stereocenters. The Kier molecular flexibility index (Phi) is 2.36. The van der Waals surface area contributed by atoms with E-state index in [9.17, 15) is 10.4 Å². The van der Waals surface area contributed by atoms with Gasteiger partial charge in [-0.1, -0.05) is 9.69 Å². The summed E-state index contributed by atoms with van der Waals surface area (Å²) in [4.78, 5) is -0.0474. The highest BCUT2D eigenvalue weighted by molar-refractivity contribution is 5.79. The first-order chi connectivity index (χ1) is 6.50. The molecule has 14 heavy (non-hydrogen) atoms. The Morgan fingerprint density at radius 1 is 1.14 bits per heavy atom. The minimum atomic E-state index is -0.404. The van der Waals surface area contributed by atoms with Gasteiger partial charge in [0.1, 0.15) is 0 Å². The van der Waals surface area contributed by atoms with Crippen molar-refractivity contribution in [2.24, 2.45) is 0 Å². The van der Waals surface area contributed by atoms with Crippen molar-refractivity contribution in [2.75, 3.05) is 29.1 Å². The Balaban J connectivity index is 3.43. The maximum atomic E-state index is 11.2. The van der Waals surface area contributed by atoms with Crippen LogP contribution < -0.4 is 32.2 Å². The van der Waals surface area contributed by atoms with Gasteiger partial charge < -0.3 is 21.9 Å². The molecule has 1 aromatic rings. The number of nitrogens with one attached hydrogen (secondary N) is 1. The van der Waals surface area contributed by atoms with Gasteiger partial charge in [0.25, 0.3) is 0 Å². The summed E-state index contributed by atoms with van der Waals surface area (Å²) >= 11 is 0. The van der Waals surface area contributed by atoms with E-state index in [-0.39, 0.29) is 26.9 Å². The standard InChI is InChI=1S/C6H12N6O2/c1-2-10-6-4(8)3(7)5(9)11(13)12(6)14/h10H,2,7-9H2,1H3. The first kappa shape index (κ1) is 9.96. The van der Waals surface area contributed by atoms with Gasteiger partial charge in [-0.05, 0) is 6.92 Å². The fraction of sp³-hybridized carbons (Fsp3) is 0.333. The van der Waals surface area contributed by atoms with Gasteiger partial charge in [-0.25, -0.2) is 0 Å². The lowest BCUT2D eigenvalue weighted by Crippen LogP contribution is -2.63. The predicted molar refractivity (Wildman–Crippen MR) is 51.8 cm³/mol. The fourth-order valence-corrected chi connectivity index (χ4v) is 0.991. The second-order valence-electron chi connectivity index (χ2n) is 2.64. The van der Waals surface area contributed by atoms with Crippen LogP contribution in [0.15, 0.2) is 0 Å². The maximum absolute atomic E-state index is 11.2. The molecular formula is C6H12N6O2. The lowest BCUT2D eigenvalue weighted by molar-refractivity contribution is -1.17. The average Bonchev–Trinajstić information content (AvgIpc) is 2.19. The van der Waals surface area contributed by atoms with Crippen LogP contribution in [0, 0.1) is 10.4 Å². The van der Waals surface area contributed by atoms with E-state index in [1.807, 2.05) is 0 Å². The normalized spacial score (nSPS) is 10.1. The van der Waals surface area contributed by atoms with Crippen LogP contribution in [0.1, 0.15) is 6.92 Å². The molecule has 0 spiro atoms. The highest BCUT2D eigenvalue weighted by Crippen LogP contribution is 2.23. The van der Waals surface area contributed by atoms with Crippen molar-refractivity contribution in [3.05, 3.63) is 10.4 Å². The fourth-order valence-electron chi connectivity index (χ4n) is 0.991. The van der Waals surface area contributed by atoms with Gasteiger partial charge in [-0.2, -0.15) is 0 Å². The van der Waals surface area contributed by atoms with E-state index in [1.165, 1.54) is 0 Å². The van der Waals surface area contributed by atoms with Crippen molar-refractivity contribution in [1.29, 1.82) is 0 Å². The van der Waals surface area contributed by atoms with Crippen molar-refractivity contribution in [2.45, 2.75) is 6.92 Å². The van der Waals surface area contributed by atoms with Crippen LogP contribution in [0.4, 0.5) is 23.0 Å². The smallest absolute Gasteiger partial charge is 0.341 e. The first-order valence-corrected chi connectivity index (χ1v) is 3.94. The maximum Gasteiger partial charge on any atom is 0.341 e. The summed E-state index contributed by atoms with van der Waals surface area (Å²) in [5.41, 5.74) is 16.0. The highest BCUT2D eigenvalue weighted by atomic mass is 16.6. The van der Waals surface area contributed by atoms with E-state index in [4.69, 9.17) is 17.2 Å². The van der Waals surface area contributed by atoms with Crippen molar-refractivity contribution in [3.8, 4) is 0 Å². The summed E-state index contributed by atoms with van der Waals surface area (Å²) in [6.07, 6.45) is 0. The minimum absolute atomic E-state index is 0.0184. The zero-order chi connectivity index (χ0) is 10.9. The number of nitrogens with zero attached hydrogens (tertiary/aromatic N) is 2. The largest absolute Gasteiger partial charge is 0.675 e. The van der Waals surface area contributed by atoms with Gasteiger partial charge in [-0.15, -0.1) is 0 Å². The zero-order valence-corrected chi connectivity index (χ0v) is 7.65. The average molecular weight is 200 g/mol. The van der Waals surface area contributed by atoms with Gasteiger partial charge in [0, 0.05) is 0 Å². The van der Waals surface area contributed by atoms with Crippen molar-refractivity contribution in [1.82, 2.24) is 0 Å². The van der Waals surface area contributed by atoms with E-state index in [1.54, 1.807) is 6.92 Å². The van der Waals surface area contributed by atoms with Crippen molar-refractivity contribution in [3.63, 3.8) is 0 Å². The molecule has 1 aromatic heterocycles. The third-order valence-electron chi connectivity index (χ3n) is 1.73. The lowest BCUT2D eigenvalue weighted by Gasteiger charge is -2.15. The Morgan fingerprint density at radius 3 is 2.21 bits per heavy atom. The number of hydrogen-bond acceptors (Lipinski definition) is 6. The number of aromatic nitrogens is 2. The first-order valence-electron chi connectivity index (χ1n) is 3.94. The Morgan fingerprint density at radius 2 is 1.71 bits per heavy atom. The third kappa shape index (κ3) is 1.26. The molecule has 0 saturated carbocycles. The number of anilines is 4. The molecule has 0 aliphatic carbocycles. The molecule has 1 rings (SSSR count). The Bertz CT molecular complexity index is 337. The molecule has 0 saturated heterocycles. The molecule has 0 aliphatic heterocycles.